The summed E-state index contributed by atoms with van der Waals surface area (Å²) >= 11 is 1.41. The maximum atomic E-state index is 10.3. The van der Waals surface area contributed by atoms with Crippen molar-refractivity contribution in [1.82, 2.24) is 4.98 Å². The van der Waals surface area contributed by atoms with E-state index in [0.29, 0.717) is 6.42 Å². The second-order valence-corrected chi connectivity index (χ2v) is 3.05. The molecule has 0 aliphatic rings. The molecule has 0 aromatic carbocycles. The highest BCUT2D eigenvalue weighted by molar-refractivity contribution is 7.09. The molecule has 0 fully saturated rings. The van der Waals surface area contributed by atoms with E-state index in [9.17, 15) is 4.79 Å². The lowest BCUT2D eigenvalue weighted by Gasteiger charge is -2.01. The summed E-state index contributed by atoms with van der Waals surface area (Å²) in [7, 11) is 0. The average molecular weight is 172 g/mol. The van der Waals surface area contributed by atoms with Crippen LogP contribution < -0.4 is 5.73 Å². The molecule has 11 heavy (non-hydrogen) atoms. The van der Waals surface area contributed by atoms with Gasteiger partial charge in [0.25, 0.3) is 0 Å². The Morgan fingerprint density at radius 1 is 1.91 bits per heavy atom. The minimum atomic E-state index is -0.986. The van der Waals surface area contributed by atoms with Crippen LogP contribution in [0.4, 0.5) is 0 Å². The highest BCUT2D eigenvalue weighted by atomic mass is 32.1. The molecular formula is C6H8N2O2S. The molecule has 1 aromatic rings. The number of carboxylic acids is 1. The number of nitrogens with two attached hydrogens (primary N) is 1. The van der Waals surface area contributed by atoms with Gasteiger partial charge in [-0.25, -0.2) is 4.98 Å². The number of nitrogens with zero attached hydrogens (tertiary/aromatic N) is 1. The minimum Gasteiger partial charge on any atom is -0.480 e. The molecule has 1 atom stereocenters. The van der Waals surface area contributed by atoms with Crippen LogP contribution in [0.1, 0.15) is 5.01 Å². The van der Waals surface area contributed by atoms with Gasteiger partial charge >= 0.3 is 5.97 Å². The third kappa shape index (κ3) is 2.28. The Morgan fingerprint density at radius 3 is 3.09 bits per heavy atom. The molecular weight excluding hydrogens is 164 g/mol. The molecule has 0 saturated carbocycles. The van der Waals surface area contributed by atoms with Gasteiger partial charge in [0.1, 0.15) is 6.04 Å². The summed E-state index contributed by atoms with van der Waals surface area (Å²) in [4.78, 5) is 14.2. The number of hydrogen-bond acceptors (Lipinski definition) is 4. The summed E-state index contributed by atoms with van der Waals surface area (Å²) in [5.41, 5.74) is 5.27. The Bertz CT molecular complexity index is 235. The molecule has 0 aliphatic heterocycles. The monoisotopic (exact) mass is 172 g/mol. The number of aliphatic carboxylic acids is 1. The molecule has 0 aliphatic carbocycles. The molecule has 0 unspecified atom stereocenters. The lowest BCUT2D eigenvalue weighted by atomic mass is 10.2. The third-order valence-electron chi connectivity index (χ3n) is 1.20. The standard InChI is InChI=1S/C6H8N2O2S/c7-4(6(9)10)3-5-8-1-2-11-5/h1-2,4H,3,7H2,(H,9,10)/t4-/m1/s1. The van der Waals surface area contributed by atoms with Crippen LogP contribution in [0.3, 0.4) is 0 Å². The summed E-state index contributed by atoms with van der Waals surface area (Å²) in [5, 5.41) is 11.0. The zero-order valence-electron chi connectivity index (χ0n) is 5.73. The highest BCUT2D eigenvalue weighted by Gasteiger charge is 2.12. The van der Waals surface area contributed by atoms with Gasteiger partial charge in [-0.05, 0) is 0 Å². The number of rotatable bonds is 3. The highest BCUT2D eigenvalue weighted by Crippen LogP contribution is 2.05. The molecule has 0 amide bonds. The number of carbonyl (C=O) groups is 1. The largest absolute Gasteiger partial charge is 0.480 e. The molecule has 0 saturated heterocycles. The van der Waals surface area contributed by atoms with Gasteiger partial charge in [0.05, 0.1) is 5.01 Å². The van der Waals surface area contributed by atoms with Crippen LogP contribution in [0.15, 0.2) is 11.6 Å². The minimum absolute atomic E-state index is 0.312. The summed E-state index contributed by atoms with van der Waals surface area (Å²) in [6.07, 6.45) is 1.95. The Hall–Kier alpha value is -0.940. The Morgan fingerprint density at radius 2 is 2.64 bits per heavy atom. The molecule has 60 valence electrons. The van der Waals surface area contributed by atoms with Crippen molar-refractivity contribution in [2.75, 3.05) is 0 Å². The lowest BCUT2D eigenvalue weighted by molar-refractivity contribution is -0.138. The summed E-state index contributed by atoms with van der Waals surface area (Å²) in [6, 6.07) is -0.832. The van der Waals surface area contributed by atoms with E-state index in [4.69, 9.17) is 10.8 Å². The molecule has 1 rings (SSSR count). The van der Waals surface area contributed by atoms with Gasteiger partial charge in [-0.3, -0.25) is 4.79 Å². The zero-order valence-corrected chi connectivity index (χ0v) is 6.54. The first-order chi connectivity index (χ1) is 5.20. The second kappa shape index (κ2) is 3.45. The van der Waals surface area contributed by atoms with Crippen molar-refractivity contribution in [2.45, 2.75) is 12.5 Å². The molecule has 4 nitrogen and oxygen atoms in total. The van der Waals surface area contributed by atoms with Crippen LogP contribution in [0.5, 0.6) is 0 Å². The van der Waals surface area contributed by atoms with Crippen LogP contribution in [-0.2, 0) is 11.2 Å². The van der Waals surface area contributed by atoms with Crippen LogP contribution in [0.2, 0.25) is 0 Å². The maximum Gasteiger partial charge on any atom is 0.320 e. The van der Waals surface area contributed by atoms with Gasteiger partial charge in [0.2, 0.25) is 0 Å². The molecule has 1 heterocycles. The maximum absolute atomic E-state index is 10.3. The van der Waals surface area contributed by atoms with E-state index in [1.807, 2.05) is 0 Å². The quantitative estimate of drug-likeness (QED) is 0.677. The molecule has 1 aromatic heterocycles. The Kier molecular flexibility index (Phi) is 2.56. The van der Waals surface area contributed by atoms with Gasteiger partial charge in [0.15, 0.2) is 0 Å². The smallest absolute Gasteiger partial charge is 0.320 e. The van der Waals surface area contributed by atoms with E-state index in [-0.39, 0.29) is 0 Å². The topological polar surface area (TPSA) is 76.2 Å². The molecule has 5 heteroatoms. The molecule has 0 spiro atoms. The predicted molar refractivity (Wildman–Crippen MR) is 41.4 cm³/mol. The van der Waals surface area contributed by atoms with Crippen molar-refractivity contribution >= 4 is 17.3 Å². The van der Waals surface area contributed by atoms with E-state index < -0.39 is 12.0 Å². The number of aromatic nitrogens is 1. The first-order valence-electron chi connectivity index (χ1n) is 3.07. The van der Waals surface area contributed by atoms with Crippen molar-refractivity contribution in [2.24, 2.45) is 5.73 Å². The molecule has 0 radical (unpaired) electrons. The number of thiazole rings is 1. The van der Waals surface area contributed by atoms with E-state index in [1.165, 1.54) is 11.3 Å². The third-order valence-corrected chi connectivity index (χ3v) is 2.00. The van der Waals surface area contributed by atoms with Gasteiger partial charge in [-0.1, -0.05) is 0 Å². The molecule has 0 bridgehead atoms. The lowest BCUT2D eigenvalue weighted by Crippen LogP contribution is -2.32. The van der Waals surface area contributed by atoms with Gasteiger partial charge in [-0.2, -0.15) is 0 Å². The van der Waals surface area contributed by atoms with Gasteiger partial charge < -0.3 is 10.8 Å². The SMILES string of the molecule is N[C@H](Cc1nccs1)C(=O)O. The van der Waals surface area contributed by atoms with Gasteiger partial charge in [0, 0.05) is 18.0 Å². The predicted octanol–water partition coefficient (Wildman–Crippen LogP) is 0.0975. The van der Waals surface area contributed by atoms with Crippen LogP contribution in [0, 0.1) is 0 Å². The van der Waals surface area contributed by atoms with Crippen molar-refractivity contribution in [3.8, 4) is 0 Å². The van der Waals surface area contributed by atoms with E-state index in [1.54, 1.807) is 11.6 Å². The van der Waals surface area contributed by atoms with Crippen LogP contribution in [-0.4, -0.2) is 22.1 Å². The fourth-order valence-corrected chi connectivity index (χ4v) is 1.31. The van der Waals surface area contributed by atoms with Gasteiger partial charge in [-0.15, -0.1) is 11.3 Å². The fourth-order valence-electron chi connectivity index (χ4n) is 0.629. The fraction of sp³-hybridized carbons (Fsp3) is 0.333. The number of carboxylic acid groups (broad SMARTS) is 1. The first-order valence-corrected chi connectivity index (χ1v) is 3.95. The second-order valence-electron chi connectivity index (χ2n) is 2.07. The van der Waals surface area contributed by atoms with Crippen molar-refractivity contribution < 1.29 is 9.90 Å². The van der Waals surface area contributed by atoms with E-state index in [0.717, 1.165) is 5.01 Å². The molecule has 3 N–H and O–H groups in total. The van der Waals surface area contributed by atoms with Crippen molar-refractivity contribution in [3.05, 3.63) is 16.6 Å². The number of hydrogen-bond donors (Lipinski definition) is 2. The Labute approximate surface area is 67.7 Å². The van der Waals surface area contributed by atoms with Crippen molar-refractivity contribution in [1.29, 1.82) is 0 Å². The zero-order chi connectivity index (χ0) is 8.27. The van der Waals surface area contributed by atoms with Crippen LogP contribution in [0.25, 0.3) is 0 Å². The normalized spacial score (nSPS) is 12.8. The Balaban J connectivity index is 2.50. The average Bonchev–Trinajstić information content (AvgIpc) is 2.39. The summed E-state index contributed by atoms with van der Waals surface area (Å²) in [5.74, 6) is -0.986. The van der Waals surface area contributed by atoms with E-state index >= 15 is 0 Å². The van der Waals surface area contributed by atoms with Crippen molar-refractivity contribution in [3.63, 3.8) is 0 Å². The van der Waals surface area contributed by atoms with Crippen LogP contribution >= 0.6 is 11.3 Å². The van der Waals surface area contributed by atoms with E-state index in [2.05, 4.69) is 4.98 Å². The summed E-state index contributed by atoms with van der Waals surface area (Å²) < 4.78 is 0. The first kappa shape index (κ1) is 8.16. The summed E-state index contributed by atoms with van der Waals surface area (Å²) in [6.45, 7) is 0.